The Labute approximate surface area is 402 Å². The Hall–Kier alpha value is -6.21. The molecule has 3 saturated heterocycles. The van der Waals surface area contributed by atoms with Gasteiger partial charge in [0.05, 0.1) is 28.7 Å². The number of nitrogens with one attached hydrogen (secondary N) is 2. The number of thiocarbonyl (C=S) groups is 1. The summed E-state index contributed by atoms with van der Waals surface area (Å²) in [5.74, 6) is 3.25. The van der Waals surface area contributed by atoms with E-state index in [1.54, 1.807) is 29.2 Å². The molecule has 0 bridgehead atoms. The van der Waals surface area contributed by atoms with Gasteiger partial charge in [-0.25, -0.2) is 8.76 Å². The molecule has 2 atom stereocenters. The minimum Gasteiger partial charge on any atom is -0.350 e. The number of hydrogen-bond acceptors (Lipinski definition) is 9. The van der Waals surface area contributed by atoms with Crippen molar-refractivity contribution in [1.29, 1.82) is 5.26 Å². The first-order chi connectivity index (χ1) is 32.1. The molecule has 3 aliphatic heterocycles. The van der Waals surface area contributed by atoms with Crippen LogP contribution in [0.3, 0.4) is 0 Å². The van der Waals surface area contributed by atoms with Crippen molar-refractivity contribution in [1.82, 2.24) is 24.8 Å². The summed E-state index contributed by atoms with van der Waals surface area (Å²) in [4.78, 5) is 61.6. The second-order valence-corrected chi connectivity index (χ2v) is 20.1. The topological polar surface area (TPSA) is 142 Å². The fraction of sp³-hybridized carbons (Fsp3) is 0.420. The number of carbonyl (C=O) groups is 4. The molecule has 68 heavy (non-hydrogen) atoms. The highest BCUT2D eigenvalue weighted by Gasteiger charge is 2.52. The molecule has 4 amide bonds. The number of nitriles is 1. The smallest absolute Gasteiger partial charge is 0.350 e. The van der Waals surface area contributed by atoms with E-state index in [-0.39, 0.29) is 35.3 Å². The average Bonchev–Trinajstić information content (AvgIpc) is 4.00. The van der Waals surface area contributed by atoms with Crippen LogP contribution in [0.25, 0.3) is 10.4 Å². The number of likely N-dealkylation sites (tertiary alicyclic amines) is 2. The number of aromatic nitrogens is 1. The van der Waals surface area contributed by atoms with Crippen molar-refractivity contribution in [2.45, 2.75) is 97.6 Å². The van der Waals surface area contributed by atoms with Crippen LogP contribution in [0.15, 0.2) is 66.9 Å². The standard InChI is InChI=1S/C50H52F4N8O4S2/c1-30-27-57-68-42(30)34-15-11-33(12-16-34)28-56-44(64)38-8-7-23-60(38)45(65)43(48(2,3)4)58-39(63)29-59-24-21-32(22-25-59)10-9-31-13-18-36(19-14-31)62-47(67)61(46(66)49(62,5)6)37-20-17-35(26-55)40(41(37)51)50(52,53)54/h11-20,27,32,38,43H,7-8,21-25,28-29H2,1-6H3,(H,56,64)(H,58,63)/t38-,43+/m0/s1. The first-order valence-corrected chi connectivity index (χ1v) is 23.5. The molecule has 0 unspecified atom stereocenters. The Bertz CT molecular complexity index is 2710. The van der Waals surface area contributed by atoms with Gasteiger partial charge >= 0.3 is 6.18 Å². The summed E-state index contributed by atoms with van der Waals surface area (Å²) in [5, 5.41) is 15.0. The Morgan fingerprint density at radius 3 is 2.26 bits per heavy atom. The molecular weight excluding hydrogens is 917 g/mol. The van der Waals surface area contributed by atoms with Crippen molar-refractivity contribution in [3.63, 3.8) is 0 Å². The molecule has 3 aromatic carbocycles. The predicted octanol–water partition coefficient (Wildman–Crippen LogP) is 7.97. The molecule has 0 radical (unpaired) electrons. The third-order valence-corrected chi connectivity index (χ3v) is 13.9. The molecule has 4 aromatic rings. The van der Waals surface area contributed by atoms with E-state index in [9.17, 15) is 37.6 Å². The van der Waals surface area contributed by atoms with Gasteiger partial charge in [0.2, 0.25) is 17.7 Å². The van der Waals surface area contributed by atoms with E-state index < -0.39 is 57.8 Å². The number of amides is 4. The van der Waals surface area contributed by atoms with Crippen LogP contribution in [0.1, 0.15) is 88.1 Å². The largest absolute Gasteiger partial charge is 0.420 e. The minimum absolute atomic E-state index is 0.0451. The van der Waals surface area contributed by atoms with E-state index in [1.807, 2.05) is 63.1 Å². The third-order valence-electron chi connectivity index (χ3n) is 12.6. The number of piperidine rings is 1. The number of hydrogen-bond donors (Lipinski definition) is 2. The number of anilines is 2. The van der Waals surface area contributed by atoms with E-state index in [2.05, 4.69) is 26.8 Å². The molecule has 2 N–H and O–H groups in total. The van der Waals surface area contributed by atoms with E-state index in [4.69, 9.17) is 12.2 Å². The first kappa shape index (κ1) is 49.7. The van der Waals surface area contributed by atoms with Gasteiger partial charge in [0.1, 0.15) is 23.2 Å². The lowest BCUT2D eigenvalue weighted by Gasteiger charge is -2.36. The normalized spacial score (nSPS) is 18.2. The van der Waals surface area contributed by atoms with Gasteiger partial charge in [0, 0.05) is 36.5 Å². The van der Waals surface area contributed by atoms with E-state index in [0.717, 1.165) is 38.6 Å². The molecule has 18 heteroatoms. The van der Waals surface area contributed by atoms with Crippen molar-refractivity contribution < 1.29 is 36.7 Å². The predicted molar refractivity (Wildman–Crippen MR) is 255 cm³/mol. The summed E-state index contributed by atoms with van der Waals surface area (Å²) in [6.07, 6.45) is -0.722. The van der Waals surface area contributed by atoms with Crippen molar-refractivity contribution in [3.05, 3.63) is 100 Å². The van der Waals surface area contributed by atoms with Gasteiger partial charge in [-0.3, -0.25) is 29.0 Å². The van der Waals surface area contributed by atoms with Crippen molar-refractivity contribution in [3.8, 4) is 28.4 Å². The average molecular weight is 969 g/mol. The first-order valence-electron chi connectivity index (χ1n) is 22.3. The fourth-order valence-corrected chi connectivity index (χ4v) is 10.1. The number of alkyl halides is 3. The molecule has 0 spiro atoms. The molecule has 1 aromatic heterocycles. The van der Waals surface area contributed by atoms with Crippen LogP contribution in [-0.2, 0) is 31.9 Å². The van der Waals surface area contributed by atoms with Crippen LogP contribution < -0.4 is 20.4 Å². The Kier molecular flexibility index (Phi) is 14.5. The van der Waals surface area contributed by atoms with Crippen LogP contribution in [-0.4, -0.2) is 86.7 Å². The molecule has 3 aliphatic rings. The summed E-state index contributed by atoms with van der Waals surface area (Å²) in [6.45, 7) is 12.8. The molecule has 12 nitrogen and oxygen atoms in total. The Morgan fingerprint density at radius 2 is 1.66 bits per heavy atom. The second-order valence-electron chi connectivity index (χ2n) is 18.9. The summed E-state index contributed by atoms with van der Waals surface area (Å²) in [7, 11) is 0. The number of rotatable bonds is 10. The van der Waals surface area contributed by atoms with E-state index in [1.165, 1.54) is 36.3 Å². The van der Waals surface area contributed by atoms with Crippen LogP contribution >= 0.6 is 23.8 Å². The van der Waals surface area contributed by atoms with Gasteiger partial charge in [-0.15, -0.1) is 0 Å². The van der Waals surface area contributed by atoms with Gasteiger partial charge in [0.25, 0.3) is 5.91 Å². The van der Waals surface area contributed by atoms with Gasteiger partial charge in [-0.05, 0) is 142 Å². The summed E-state index contributed by atoms with van der Waals surface area (Å²) >= 11 is 7.00. The SMILES string of the molecule is Cc1cnsc1-c1ccc(CNC(=O)[C@@H]2CCCN2C(=O)[C@@H](NC(=O)CN2CCC(C#Cc3ccc(N4C(=S)N(c5ccc(C#N)c(C(F)(F)F)c5F)C(=O)C4(C)C)cc3)CC2)C(C)(C)C)cc1. The maximum Gasteiger partial charge on any atom is 0.420 e. The highest BCUT2D eigenvalue weighted by molar-refractivity contribution is 7.81. The zero-order valence-electron chi connectivity index (χ0n) is 38.6. The molecular formula is C50H52F4N8O4S2. The number of benzene rings is 3. The van der Waals surface area contributed by atoms with Crippen molar-refractivity contribution >= 4 is 63.9 Å². The van der Waals surface area contributed by atoms with Crippen molar-refractivity contribution in [2.24, 2.45) is 11.3 Å². The van der Waals surface area contributed by atoms with E-state index in [0.29, 0.717) is 63.1 Å². The second kappa shape index (κ2) is 19.8. The maximum atomic E-state index is 15.4. The van der Waals surface area contributed by atoms with Crippen LogP contribution in [0, 0.1) is 47.2 Å². The monoisotopic (exact) mass is 968 g/mol. The van der Waals surface area contributed by atoms with Gasteiger partial charge < -0.3 is 20.4 Å². The summed E-state index contributed by atoms with van der Waals surface area (Å²) < 4.78 is 61.1. The number of halogens is 4. The van der Waals surface area contributed by atoms with Crippen LogP contribution in [0.5, 0.6) is 0 Å². The van der Waals surface area contributed by atoms with Gasteiger partial charge in [-0.2, -0.15) is 18.4 Å². The Balaban J connectivity index is 0.910. The Morgan fingerprint density at radius 1 is 0.985 bits per heavy atom. The van der Waals surface area contributed by atoms with Gasteiger partial charge in [0.15, 0.2) is 10.9 Å². The molecule has 3 fully saturated rings. The van der Waals surface area contributed by atoms with Gasteiger partial charge in [-0.1, -0.05) is 56.9 Å². The number of nitrogens with zero attached hydrogens (tertiary/aromatic N) is 6. The molecule has 4 heterocycles. The lowest BCUT2D eigenvalue weighted by Crippen LogP contribution is -2.58. The maximum absolute atomic E-state index is 15.4. The molecule has 0 aliphatic carbocycles. The van der Waals surface area contributed by atoms with E-state index >= 15 is 4.39 Å². The lowest BCUT2D eigenvalue weighted by atomic mass is 9.85. The zero-order chi connectivity index (χ0) is 49.3. The highest BCUT2D eigenvalue weighted by atomic mass is 32.1. The van der Waals surface area contributed by atoms with Crippen LogP contribution in [0.4, 0.5) is 28.9 Å². The molecule has 0 saturated carbocycles. The molecule has 356 valence electrons. The lowest BCUT2D eigenvalue weighted by molar-refractivity contribution is -0.144. The minimum atomic E-state index is -5.19. The number of aryl methyl sites for hydroxylation is 1. The number of carbonyl (C=O) groups excluding carboxylic acids is 4. The molecule has 7 rings (SSSR count). The zero-order valence-corrected chi connectivity index (χ0v) is 40.2. The summed E-state index contributed by atoms with van der Waals surface area (Å²) in [5.41, 5.74) is -1.19. The fourth-order valence-electron chi connectivity index (χ4n) is 8.84. The van der Waals surface area contributed by atoms with Crippen LogP contribution in [0.2, 0.25) is 0 Å². The quantitative estimate of drug-likeness (QED) is 0.0920. The third kappa shape index (κ3) is 10.4. The summed E-state index contributed by atoms with van der Waals surface area (Å²) in [6, 6.07) is 16.4. The van der Waals surface area contributed by atoms with Crippen molar-refractivity contribution in [2.75, 3.05) is 36.0 Å². The highest BCUT2D eigenvalue weighted by Crippen LogP contribution is 2.42.